The van der Waals surface area contributed by atoms with E-state index in [9.17, 15) is 19.1 Å². The quantitative estimate of drug-likeness (QED) is 0.386. The van der Waals surface area contributed by atoms with E-state index in [4.69, 9.17) is 0 Å². The number of hydrogen-bond acceptors (Lipinski definition) is 5. The van der Waals surface area contributed by atoms with Crippen molar-refractivity contribution in [1.29, 1.82) is 0 Å². The molecule has 0 radical (unpaired) electrons. The molecule has 0 unspecified atom stereocenters. The highest BCUT2D eigenvalue weighted by Gasteiger charge is 2.45. The van der Waals surface area contributed by atoms with E-state index in [0.717, 1.165) is 0 Å². The summed E-state index contributed by atoms with van der Waals surface area (Å²) in [5, 5.41) is 10.9. The molecule has 1 N–H and O–H groups in total. The Morgan fingerprint density at radius 3 is 2.40 bits per heavy atom. The molecule has 152 valence electrons. The Hall–Kier alpha value is -3.81. The summed E-state index contributed by atoms with van der Waals surface area (Å²) in [6.07, 6.45) is 8.91. The van der Waals surface area contributed by atoms with Crippen molar-refractivity contribution in [2.24, 2.45) is 0 Å². The Balaban J connectivity index is 1.71. The molecule has 1 saturated heterocycles. The first kappa shape index (κ1) is 19.5. The first-order valence-electron chi connectivity index (χ1n) is 9.46. The Kier molecular flexibility index (Phi) is 5.38. The SMILES string of the molecule is O=C1C(=O)N(CCCn2ccnc2)[C@H](c2ccncc2)C1=C(O)c1ccc(F)cc1. The molecule has 4 rings (SSSR count). The highest BCUT2D eigenvalue weighted by atomic mass is 19.1. The highest BCUT2D eigenvalue weighted by Crippen LogP contribution is 2.39. The molecule has 1 aliphatic heterocycles. The van der Waals surface area contributed by atoms with Gasteiger partial charge in [-0.2, -0.15) is 0 Å². The van der Waals surface area contributed by atoms with Crippen molar-refractivity contribution in [3.8, 4) is 0 Å². The minimum Gasteiger partial charge on any atom is -0.507 e. The molecule has 30 heavy (non-hydrogen) atoms. The number of hydrogen-bond donors (Lipinski definition) is 1. The van der Waals surface area contributed by atoms with Crippen LogP contribution in [0, 0.1) is 5.82 Å². The van der Waals surface area contributed by atoms with Gasteiger partial charge in [0, 0.05) is 43.4 Å². The van der Waals surface area contributed by atoms with Crippen LogP contribution in [-0.2, 0) is 16.1 Å². The number of carbonyl (C=O) groups is 2. The molecule has 1 amide bonds. The largest absolute Gasteiger partial charge is 0.507 e. The van der Waals surface area contributed by atoms with Gasteiger partial charge in [-0.3, -0.25) is 14.6 Å². The molecule has 1 aliphatic rings. The van der Waals surface area contributed by atoms with Crippen LogP contribution in [0.5, 0.6) is 0 Å². The molecular formula is C22H19FN4O3. The van der Waals surface area contributed by atoms with E-state index in [2.05, 4.69) is 9.97 Å². The van der Waals surface area contributed by atoms with Crippen LogP contribution in [0.15, 0.2) is 73.1 Å². The zero-order valence-corrected chi connectivity index (χ0v) is 16.0. The Bertz CT molecular complexity index is 1080. The molecule has 3 heterocycles. The van der Waals surface area contributed by atoms with Crippen LogP contribution in [0.2, 0.25) is 0 Å². The molecule has 7 nitrogen and oxygen atoms in total. The second-order valence-corrected chi connectivity index (χ2v) is 6.93. The summed E-state index contributed by atoms with van der Waals surface area (Å²) in [7, 11) is 0. The van der Waals surface area contributed by atoms with E-state index in [1.165, 1.54) is 29.2 Å². The number of Topliss-reactive ketones (excluding diaryl/α,β-unsaturated/α-hetero) is 1. The normalized spacial score (nSPS) is 18.2. The summed E-state index contributed by atoms with van der Waals surface area (Å²) in [6.45, 7) is 0.944. The van der Waals surface area contributed by atoms with Crippen LogP contribution >= 0.6 is 0 Å². The lowest BCUT2D eigenvalue weighted by atomic mass is 9.96. The third-order valence-corrected chi connectivity index (χ3v) is 5.05. The van der Waals surface area contributed by atoms with E-state index >= 15 is 0 Å². The smallest absolute Gasteiger partial charge is 0.295 e. The summed E-state index contributed by atoms with van der Waals surface area (Å²) in [4.78, 5) is 35.1. The number of rotatable bonds is 6. The van der Waals surface area contributed by atoms with Crippen LogP contribution in [0.3, 0.4) is 0 Å². The molecular weight excluding hydrogens is 387 g/mol. The van der Waals surface area contributed by atoms with E-state index in [-0.39, 0.29) is 16.9 Å². The van der Waals surface area contributed by atoms with Crippen LogP contribution in [0.25, 0.3) is 5.76 Å². The third-order valence-electron chi connectivity index (χ3n) is 5.05. The molecule has 0 saturated carbocycles. The maximum absolute atomic E-state index is 13.3. The number of nitrogens with zero attached hydrogens (tertiary/aromatic N) is 4. The molecule has 3 aromatic rings. The Labute approximate surface area is 172 Å². The van der Waals surface area contributed by atoms with Gasteiger partial charge in [-0.05, 0) is 48.4 Å². The summed E-state index contributed by atoms with van der Waals surface area (Å²) in [5.74, 6) is -2.23. The maximum Gasteiger partial charge on any atom is 0.295 e. The molecule has 1 fully saturated rings. The number of carbonyl (C=O) groups excluding carboxylic acids is 2. The zero-order valence-electron chi connectivity index (χ0n) is 16.0. The number of aliphatic hydroxyl groups excluding tert-OH is 1. The van der Waals surface area contributed by atoms with Crippen LogP contribution < -0.4 is 0 Å². The van der Waals surface area contributed by atoms with Crippen LogP contribution in [0.4, 0.5) is 4.39 Å². The topological polar surface area (TPSA) is 88.3 Å². The van der Waals surface area contributed by atoms with Crippen molar-refractivity contribution < 1.29 is 19.1 Å². The highest BCUT2D eigenvalue weighted by molar-refractivity contribution is 6.46. The second kappa shape index (κ2) is 8.28. The van der Waals surface area contributed by atoms with Crippen molar-refractivity contribution in [2.75, 3.05) is 6.54 Å². The molecule has 0 spiro atoms. The van der Waals surface area contributed by atoms with Gasteiger partial charge in [-0.25, -0.2) is 9.37 Å². The number of pyridine rings is 1. The van der Waals surface area contributed by atoms with Gasteiger partial charge in [0.1, 0.15) is 11.6 Å². The Morgan fingerprint density at radius 2 is 1.73 bits per heavy atom. The maximum atomic E-state index is 13.3. The average molecular weight is 406 g/mol. The molecule has 8 heteroatoms. The lowest BCUT2D eigenvalue weighted by Crippen LogP contribution is -2.31. The van der Waals surface area contributed by atoms with Gasteiger partial charge in [0.15, 0.2) is 0 Å². The molecule has 1 atom stereocenters. The van der Waals surface area contributed by atoms with Gasteiger partial charge in [-0.1, -0.05) is 0 Å². The summed E-state index contributed by atoms with van der Waals surface area (Å²) >= 11 is 0. The lowest BCUT2D eigenvalue weighted by Gasteiger charge is -2.25. The summed E-state index contributed by atoms with van der Waals surface area (Å²) in [6, 6.07) is 7.80. The molecule has 0 aliphatic carbocycles. The van der Waals surface area contributed by atoms with Gasteiger partial charge < -0.3 is 14.6 Å². The molecule has 1 aromatic carbocycles. The monoisotopic (exact) mass is 406 g/mol. The van der Waals surface area contributed by atoms with Gasteiger partial charge >= 0.3 is 0 Å². The average Bonchev–Trinajstić information content (AvgIpc) is 3.37. The van der Waals surface area contributed by atoms with Crippen molar-refractivity contribution in [3.05, 3.63) is 90.0 Å². The Morgan fingerprint density at radius 1 is 1.00 bits per heavy atom. The second-order valence-electron chi connectivity index (χ2n) is 6.93. The van der Waals surface area contributed by atoms with Crippen molar-refractivity contribution in [2.45, 2.75) is 19.0 Å². The van der Waals surface area contributed by atoms with Gasteiger partial charge in [0.25, 0.3) is 11.7 Å². The van der Waals surface area contributed by atoms with Crippen molar-refractivity contribution in [1.82, 2.24) is 19.4 Å². The van der Waals surface area contributed by atoms with Crippen LogP contribution in [-0.4, -0.2) is 42.8 Å². The number of benzene rings is 1. The minimum atomic E-state index is -0.763. The third kappa shape index (κ3) is 3.71. The first-order chi connectivity index (χ1) is 14.6. The van der Waals surface area contributed by atoms with E-state index in [1.54, 1.807) is 37.1 Å². The number of likely N-dealkylation sites (tertiary alicyclic amines) is 1. The van der Waals surface area contributed by atoms with E-state index in [0.29, 0.717) is 25.1 Å². The fourth-order valence-corrected chi connectivity index (χ4v) is 3.61. The van der Waals surface area contributed by atoms with Crippen LogP contribution in [0.1, 0.15) is 23.6 Å². The standard InChI is InChI=1S/C22H19FN4O3/c23-17-4-2-16(3-5-17)20(28)18-19(15-6-8-24-9-7-15)27(22(30)21(18)29)12-1-11-26-13-10-25-14-26/h2-10,13-14,19,28H,1,11-12H2/t19-/m1/s1. The summed E-state index contributed by atoms with van der Waals surface area (Å²) in [5.41, 5.74) is 0.919. The fraction of sp³-hybridized carbons (Fsp3) is 0.182. The number of ketones is 1. The van der Waals surface area contributed by atoms with Gasteiger partial charge in [0.2, 0.25) is 0 Å². The number of aliphatic hydroxyl groups is 1. The number of aryl methyl sites for hydroxylation is 1. The molecule has 2 aromatic heterocycles. The predicted octanol–water partition coefficient (Wildman–Crippen LogP) is 2.93. The van der Waals surface area contributed by atoms with E-state index < -0.39 is 23.5 Å². The number of amides is 1. The van der Waals surface area contributed by atoms with Crippen molar-refractivity contribution >= 4 is 17.4 Å². The van der Waals surface area contributed by atoms with Crippen molar-refractivity contribution in [3.63, 3.8) is 0 Å². The summed E-state index contributed by atoms with van der Waals surface area (Å²) < 4.78 is 15.2. The minimum absolute atomic E-state index is 0.0135. The number of halogens is 1. The van der Waals surface area contributed by atoms with Gasteiger partial charge in [-0.15, -0.1) is 0 Å². The van der Waals surface area contributed by atoms with E-state index in [1.807, 2.05) is 10.8 Å². The zero-order chi connectivity index (χ0) is 21.1. The fourth-order valence-electron chi connectivity index (χ4n) is 3.61. The lowest BCUT2D eigenvalue weighted by molar-refractivity contribution is -0.139. The first-order valence-corrected chi connectivity index (χ1v) is 9.46. The number of imidazole rings is 1. The predicted molar refractivity (Wildman–Crippen MR) is 106 cm³/mol. The van der Waals surface area contributed by atoms with Gasteiger partial charge in [0.05, 0.1) is 17.9 Å². The molecule has 0 bridgehead atoms. The number of aromatic nitrogens is 3.